The zero-order valence-corrected chi connectivity index (χ0v) is 7.93. The van der Waals surface area contributed by atoms with E-state index in [4.69, 9.17) is 4.74 Å². The van der Waals surface area contributed by atoms with Gasteiger partial charge in [-0.2, -0.15) is 0 Å². The highest BCUT2D eigenvalue weighted by molar-refractivity contribution is 5.85. The lowest BCUT2D eigenvalue weighted by atomic mass is 9.80. The van der Waals surface area contributed by atoms with Crippen LogP contribution in [0.2, 0.25) is 0 Å². The molecule has 69 valence electrons. The van der Waals surface area contributed by atoms with Crippen molar-refractivity contribution in [2.75, 3.05) is 6.61 Å². The molecule has 12 heavy (non-hydrogen) atoms. The van der Waals surface area contributed by atoms with Crippen molar-refractivity contribution < 1.29 is 9.53 Å². The van der Waals surface area contributed by atoms with Crippen molar-refractivity contribution in [1.29, 1.82) is 0 Å². The number of carbonyl (C=O) groups excluding carboxylic acids is 1. The van der Waals surface area contributed by atoms with Gasteiger partial charge in [-0.15, -0.1) is 0 Å². The number of hydrogen-bond donors (Lipinski definition) is 0. The predicted octanol–water partition coefficient (Wildman–Crippen LogP) is 2.33. The molecule has 0 bridgehead atoms. The van der Waals surface area contributed by atoms with E-state index in [1.807, 2.05) is 6.92 Å². The van der Waals surface area contributed by atoms with Crippen LogP contribution in [0.5, 0.6) is 0 Å². The molecule has 1 atom stereocenters. The van der Waals surface area contributed by atoms with Crippen LogP contribution in [0.25, 0.3) is 0 Å². The molecule has 0 aromatic heterocycles. The van der Waals surface area contributed by atoms with E-state index in [1.54, 1.807) is 0 Å². The minimum atomic E-state index is -0.0651. The van der Waals surface area contributed by atoms with Gasteiger partial charge in [-0.05, 0) is 25.7 Å². The maximum atomic E-state index is 11.3. The minimum absolute atomic E-state index is 0.0651. The second-order valence-corrected chi connectivity index (χ2v) is 3.39. The van der Waals surface area contributed by atoms with Crippen molar-refractivity contribution in [3.63, 3.8) is 0 Å². The molecule has 1 aliphatic rings. The highest BCUT2D eigenvalue weighted by Gasteiger charge is 2.29. The average molecular weight is 169 g/mol. The summed E-state index contributed by atoms with van der Waals surface area (Å²) in [6, 6.07) is 0. The zero-order chi connectivity index (χ0) is 8.97. The van der Waals surface area contributed by atoms with Gasteiger partial charge in [-0.25, -0.2) is 0 Å². The molecule has 1 aliphatic carbocycles. The maximum absolute atomic E-state index is 11.3. The van der Waals surface area contributed by atoms with Gasteiger partial charge in [0.1, 0.15) is 0 Å². The summed E-state index contributed by atoms with van der Waals surface area (Å²) in [4.78, 5) is 11.3. The van der Waals surface area contributed by atoms with Crippen molar-refractivity contribution in [2.24, 2.45) is 5.92 Å². The molecule has 0 aromatic carbocycles. The largest absolute Gasteiger partial charge is 0.466 e. The molecule has 0 saturated heterocycles. The summed E-state index contributed by atoms with van der Waals surface area (Å²) in [5, 5.41) is 0. The van der Waals surface area contributed by atoms with E-state index in [0.29, 0.717) is 12.5 Å². The summed E-state index contributed by atoms with van der Waals surface area (Å²) in [5.74, 6) is 1.38. The Morgan fingerprint density at radius 3 is 2.92 bits per heavy atom. The SMILES string of the molecule is CCOC(=O)[C]1CCCCC1C. The molecule has 1 fully saturated rings. The topological polar surface area (TPSA) is 26.3 Å². The lowest BCUT2D eigenvalue weighted by Gasteiger charge is -2.25. The lowest BCUT2D eigenvalue weighted by Crippen LogP contribution is -2.25. The van der Waals surface area contributed by atoms with E-state index in [1.165, 1.54) is 6.42 Å². The molecule has 1 rings (SSSR count). The Morgan fingerprint density at radius 1 is 1.58 bits per heavy atom. The Morgan fingerprint density at radius 2 is 2.33 bits per heavy atom. The van der Waals surface area contributed by atoms with Crippen LogP contribution in [-0.2, 0) is 9.53 Å². The first-order valence-electron chi connectivity index (χ1n) is 4.78. The fourth-order valence-electron chi connectivity index (χ4n) is 1.71. The molecule has 0 aromatic rings. The molecular weight excluding hydrogens is 152 g/mol. The molecule has 0 amide bonds. The van der Waals surface area contributed by atoms with Gasteiger partial charge in [0.25, 0.3) is 0 Å². The van der Waals surface area contributed by atoms with Crippen molar-refractivity contribution in [1.82, 2.24) is 0 Å². The van der Waals surface area contributed by atoms with E-state index in [-0.39, 0.29) is 5.97 Å². The Hall–Kier alpha value is -0.530. The number of rotatable bonds is 2. The van der Waals surface area contributed by atoms with Crippen LogP contribution in [0.4, 0.5) is 0 Å². The fraction of sp³-hybridized carbons (Fsp3) is 0.800. The van der Waals surface area contributed by atoms with Gasteiger partial charge in [0.2, 0.25) is 0 Å². The first-order valence-corrected chi connectivity index (χ1v) is 4.78. The Labute approximate surface area is 74.3 Å². The predicted molar refractivity (Wildman–Crippen MR) is 47.5 cm³/mol. The monoisotopic (exact) mass is 169 g/mol. The normalized spacial score (nSPS) is 25.3. The molecule has 1 saturated carbocycles. The summed E-state index contributed by atoms with van der Waals surface area (Å²) >= 11 is 0. The summed E-state index contributed by atoms with van der Waals surface area (Å²) < 4.78 is 4.98. The van der Waals surface area contributed by atoms with Gasteiger partial charge in [0.15, 0.2) is 0 Å². The van der Waals surface area contributed by atoms with Crippen molar-refractivity contribution in [2.45, 2.75) is 39.5 Å². The third kappa shape index (κ3) is 2.23. The van der Waals surface area contributed by atoms with Crippen molar-refractivity contribution >= 4 is 5.97 Å². The summed E-state index contributed by atoms with van der Waals surface area (Å²) in [6.07, 6.45) is 4.50. The Bertz CT molecular complexity index is 154. The third-order valence-corrected chi connectivity index (χ3v) is 2.47. The summed E-state index contributed by atoms with van der Waals surface area (Å²) in [6.45, 7) is 4.46. The number of esters is 1. The van der Waals surface area contributed by atoms with Gasteiger partial charge in [0, 0.05) is 0 Å². The molecular formula is C10H17O2. The maximum Gasteiger partial charge on any atom is 0.313 e. The second kappa shape index (κ2) is 4.48. The molecule has 1 radical (unpaired) electrons. The average Bonchev–Trinajstić information content (AvgIpc) is 2.05. The quantitative estimate of drug-likeness (QED) is 0.593. The van der Waals surface area contributed by atoms with Crippen LogP contribution < -0.4 is 0 Å². The minimum Gasteiger partial charge on any atom is -0.466 e. The molecule has 2 heteroatoms. The van der Waals surface area contributed by atoms with Gasteiger partial charge < -0.3 is 4.74 Å². The highest BCUT2D eigenvalue weighted by Crippen LogP contribution is 2.31. The fourth-order valence-corrected chi connectivity index (χ4v) is 1.71. The zero-order valence-electron chi connectivity index (χ0n) is 7.93. The van der Waals surface area contributed by atoms with Crippen LogP contribution in [-0.4, -0.2) is 12.6 Å². The van der Waals surface area contributed by atoms with Gasteiger partial charge in [-0.3, -0.25) is 4.79 Å². The first-order chi connectivity index (χ1) is 5.75. The van der Waals surface area contributed by atoms with Gasteiger partial charge in [-0.1, -0.05) is 19.8 Å². The molecule has 2 nitrogen and oxygen atoms in total. The van der Waals surface area contributed by atoms with Crippen LogP contribution in [0.15, 0.2) is 0 Å². The van der Waals surface area contributed by atoms with Crippen molar-refractivity contribution in [3.8, 4) is 0 Å². The van der Waals surface area contributed by atoms with Crippen LogP contribution in [0.3, 0.4) is 0 Å². The molecule has 1 unspecified atom stereocenters. The second-order valence-electron chi connectivity index (χ2n) is 3.39. The third-order valence-electron chi connectivity index (χ3n) is 2.47. The molecule has 0 heterocycles. The summed E-state index contributed by atoms with van der Waals surface area (Å²) in [7, 11) is 0. The number of carbonyl (C=O) groups is 1. The number of hydrogen-bond acceptors (Lipinski definition) is 2. The highest BCUT2D eigenvalue weighted by atomic mass is 16.5. The molecule has 0 spiro atoms. The number of ether oxygens (including phenoxy) is 1. The van der Waals surface area contributed by atoms with Crippen LogP contribution in [0.1, 0.15) is 39.5 Å². The van der Waals surface area contributed by atoms with Gasteiger partial charge in [0.05, 0.1) is 12.5 Å². The smallest absolute Gasteiger partial charge is 0.313 e. The first kappa shape index (κ1) is 9.56. The van der Waals surface area contributed by atoms with Crippen molar-refractivity contribution in [3.05, 3.63) is 5.92 Å². The summed E-state index contributed by atoms with van der Waals surface area (Å²) in [5.41, 5.74) is 0. The molecule has 0 N–H and O–H groups in total. The molecule has 0 aliphatic heterocycles. The van der Waals surface area contributed by atoms with Gasteiger partial charge >= 0.3 is 5.97 Å². The van der Waals surface area contributed by atoms with Crippen LogP contribution in [0, 0.1) is 11.8 Å². The van der Waals surface area contributed by atoms with Crippen LogP contribution >= 0.6 is 0 Å². The lowest BCUT2D eigenvalue weighted by molar-refractivity contribution is -0.142. The Balaban J connectivity index is 2.42. The van der Waals surface area contributed by atoms with E-state index < -0.39 is 0 Å². The van der Waals surface area contributed by atoms with E-state index in [2.05, 4.69) is 6.92 Å². The Kier molecular flexibility index (Phi) is 3.57. The van der Waals surface area contributed by atoms with E-state index in [0.717, 1.165) is 25.2 Å². The van der Waals surface area contributed by atoms with E-state index in [9.17, 15) is 4.79 Å². The standard InChI is InChI=1S/C10H17O2/c1-3-12-10(11)9-7-5-4-6-8(9)2/h8H,3-7H2,1-2H3. The van der Waals surface area contributed by atoms with E-state index >= 15 is 0 Å².